The average molecular weight is 677 g/mol. The minimum Gasteiger partial charge on any atom is -0.325 e. The molecular formula is C33H30BrN3O4S2. The number of thiazole rings is 1. The molecule has 3 aromatic carbocycles. The molecule has 220 valence electrons. The maximum Gasteiger partial charge on any atom is 0.308 e. The van der Waals surface area contributed by atoms with Gasteiger partial charge in [0.25, 0.3) is 0 Å². The molecule has 3 atom stereocenters. The molecule has 10 heteroatoms. The van der Waals surface area contributed by atoms with Gasteiger partial charge in [-0.1, -0.05) is 96.2 Å². The van der Waals surface area contributed by atoms with E-state index in [2.05, 4.69) is 54.2 Å². The summed E-state index contributed by atoms with van der Waals surface area (Å²) in [5, 5.41) is 2.71. The molecule has 1 aromatic heterocycles. The topological polar surface area (TPSA) is 88.5 Å². The maximum absolute atomic E-state index is 14.1. The zero-order valence-corrected chi connectivity index (χ0v) is 27.3. The third-order valence-electron chi connectivity index (χ3n) is 7.87. The Morgan fingerprint density at radius 3 is 2.30 bits per heavy atom. The van der Waals surface area contributed by atoms with Crippen LogP contribution in [-0.2, 0) is 26.3 Å². The Morgan fingerprint density at radius 2 is 1.65 bits per heavy atom. The van der Waals surface area contributed by atoms with E-state index < -0.39 is 17.1 Å². The summed E-state index contributed by atoms with van der Waals surface area (Å²) < 4.78 is 2.29. The highest BCUT2D eigenvalue weighted by Crippen LogP contribution is 2.54. The van der Waals surface area contributed by atoms with Gasteiger partial charge in [0.15, 0.2) is 0 Å². The summed E-state index contributed by atoms with van der Waals surface area (Å²) >= 11 is 5.69. The summed E-state index contributed by atoms with van der Waals surface area (Å²) in [6, 6.07) is 22.7. The van der Waals surface area contributed by atoms with E-state index >= 15 is 0 Å². The Kier molecular flexibility index (Phi) is 7.73. The van der Waals surface area contributed by atoms with Crippen LogP contribution >= 0.6 is 39.0 Å². The van der Waals surface area contributed by atoms with Crippen LogP contribution in [0.25, 0.3) is 0 Å². The third-order valence-corrected chi connectivity index (χ3v) is 11.0. The van der Waals surface area contributed by atoms with Crippen molar-refractivity contribution in [3.05, 3.63) is 109 Å². The highest BCUT2D eigenvalue weighted by Gasteiger charge is 2.56. The first kappa shape index (κ1) is 29.6. The van der Waals surface area contributed by atoms with Gasteiger partial charge in [-0.2, -0.15) is 0 Å². The fraction of sp³-hybridized carbons (Fsp3) is 0.273. The van der Waals surface area contributed by atoms with Gasteiger partial charge in [-0.15, -0.1) is 0 Å². The smallest absolute Gasteiger partial charge is 0.308 e. The minimum atomic E-state index is -0.740. The number of anilines is 2. The van der Waals surface area contributed by atoms with Crippen LogP contribution in [0, 0.1) is 12.8 Å². The van der Waals surface area contributed by atoms with E-state index in [-0.39, 0.29) is 34.6 Å². The van der Waals surface area contributed by atoms with Crippen LogP contribution in [0.15, 0.2) is 87.1 Å². The molecule has 1 N–H and O–H groups in total. The van der Waals surface area contributed by atoms with E-state index in [1.807, 2.05) is 37.3 Å². The molecule has 3 amide bonds. The molecule has 1 saturated heterocycles. The molecule has 43 heavy (non-hydrogen) atoms. The van der Waals surface area contributed by atoms with Crippen molar-refractivity contribution in [3.8, 4) is 0 Å². The number of aryl methyl sites for hydroxylation is 1. The molecule has 2 aliphatic heterocycles. The number of carbonyl (C=O) groups is 3. The average Bonchev–Trinajstić information content (AvgIpc) is 3.39. The quantitative estimate of drug-likeness (QED) is 0.238. The molecule has 2 unspecified atom stereocenters. The Bertz CT molecular complexity index is 1810. The second kappa shape index (κ2) is 11.2. The van der Waals surface area contributed by atoms with Gasteiger partial charge in [-0.05, 0) is 65.4 Å². The fourth-order valence-corrected chi connectivity index (χ4v) is 8.75. The zero-order valence-electron chi connectivity index (χ0n) is 24.1. The van der Waals surface area contributed by atoms with Gasteiger partial charge in [-0.3, -0.25) is 23.7 Å². The van der Waals surface area contributed by atoms with Crippen molar-refractivity contribution in [2.75, 3.05) is 10.2 Å². The van der Waals surface area contributed by atoms with Crippen LogP contribution < -0.4 is 15.1 Å². The van der Waals surface area contributed by atoms with E-state index in [9.17, 15) is 19.2 Å². The standard InChI is InChI=1S/C33H30BrN3O4S2/c1-18-6-5-7-22(16-18)35-24(38)17-36-31-28(43-32(36)41)25(19-8-10-20(11-9-19)33(2,3)4)26-27(42-31)30(40)37(29(26)39)23-14-12-21(34)13-15-23/h5-16,25-27H,17H2,1-4H3,(H,35,38)/t25-,26?,27?/m1/s1. The molecule has 7 nitrogen and oxygen atoms in total. The number of aromatic nitrogens is 1. The SMILES string of the molecule is Cc1cccc(NC(=O)Cn2c3c(sc2=O)[C@H](c2ccc(C(C)(C)C)cc2)C2C(=O)N(c4ccc(Br)cc4)C(=O)C2S3)c1. The van der Waals surface area contributed by atoms with Crippen molar-refractivity contribution in [2.45, 2.75) is 55.8 Å². The van der Waals surface area contributed by atoms with Crippen LogP contribution in [0.4, 0.5) is 11.4 Å². The normalized spacial score (nSPS) is 19.7. The number of hydrogen-bond donors (Lipinski definition) is 1. The Morgan fingerprint density at radius 1 is 0.953 bits per heavy atom. The zero-order chi connectivity index (χ0) is 30.6. The maximum atomic E-state index is 14.1. The van der Waals surface area contributed by atoms with E-state index in [0.29, 0.717) is 21.3 Å². The monoisotopic (exact) mass is 675 g/mol. The van der Waals surface area contributed by atoms with Crippen LogP contribution in [0.1, 0.15) is 48.3 Å². The van der Waals surface area contributed by atoms with Gasteiger partial charge in [0.2, 0.25) is 17.7 Å². The predicted octanol–water partition coefficient (Wildman–Crippen LogP) is 6.71. The summed E-state index contributed by atoms with van der Waals surface area (Å²) in [7, 11) is 0. The fourth-order valence-electron chi connectivity index (χ4n) is 5.72. The highest BCUT2D eigenvalue weighted by molar-refractivity contribution is 9.10. The number of thioether (sulfide) groups is 1. The van der Waals surface area contributed by atoms with Gasteiger partial charge in [-0.25, -0.2) is 4.90 Å². The second-order valence-electron chi connectivity index (χ2n) is 11.9. The van der Waals surface area contributed by atoms with Crippen molar-refractivity contribution in [1.82, 2.24) is 4.57 Å². The second-order valence-corrected chi connectivity index (χ2v) is 15.0. The molecule has 0 radical (unpaired) electrons. The van der Waals surface area contributed by atoms with Crippen molar-refractivity contribution in [3.63, 3.8) is 0 Å². The summed E-state index contributed by atoms with van der Waals surface area (Å²) in [6.45, 7) is 8.15. The first-order valence-corrected chi connectivity index (χ1v) is 16.4. The Labute approximate surface area is 266 Å². The summed E-state index contributed by atoms with van der Waals surface area (Å²) in [6.07, 6.45) is 0. The van der Waals surface area contributed by atoms with E-state index in [1.165, 1.54) is 21.2 Å². The van der Waals surface area contributed by atoms with Gasteiger partial charge < -0.3 is 5.32 Å². The number of hydrogen-bond acceptors (Lipinski definition) is 6. The first-order chi connectivity index (χ1) is 20.4. The lowest BCUT2D eigenvalue weighted by Crippen LogP contribution is -2.33. The summed E-state index contributed by atoms with van der Waals surface area (Å²) in [4.78, 5) is 56.2. The lowest BCUT2D eigenvalue weighted by molar-refractivity contribution is -0.122. The van der Waals surface area contributed by atoms with Gasteiger partial charge >= 0.3 is 4.87 Å². The number of carbonyl (C=O) groups excluding carboxylic acids is 3. The van der Waals surface area contributed by atoms with Crippen molar-refractivity contribution in [1.29, 1.82) is 0 Å². The first-order valence-electron chi connectivity index (χ1n) is 13.9. The summed E-state index contributed by atoms with van der Waals surface area (Å²) in [5.74, 6) is -2.15. The van der Waals surface area contributed by atoms with Crippen molar-refractivity contribution < 1.29 is 14.4 Å². The molecule has 2 aliphatic rings. The highest BCUT2D eigenvalue weighted by atomic mass is 79.9. The molecule has 0 bridgehead atoms. The van der Waals surface area contributed by atoms with E-state index in [1.54, 1.807) is 30.3 Å². The molecule has 4 aromatic rings. The predicted molar refractivity (Wildman–Crippen MR) is 175 cm³/mol. The van der Waals surface area contributed by atoms with Crippen molar-refractivity contribution >= 4 is 68.1 Å². The van der Waals surface area contributed by atoms with Gasteiger partial charge in [0.1, 0.15) is 11.8 Å². The number of benzene rings is 3. The Balaban J connectivity index is 1.42. The number of amides is 3. The van der Waals surface area contributed by atoms with Crippen LogP contribution in [0.2, 0.25) is 0 Å². The minimum absolute atomic E-state index is 0.0645. The van der Waals surface area contributed by atoms with Crippen molar-refractivity contribution in [2.24, 2.45) is 5.92 Å². The third kappa shape index (κ3) is 5.52. The van der Waals surface area contributed by atoms with Crippen LogP contribution in [0.3, 0.4) is 0 Å². The number of halogens is 1. The van der Waals surface area contributed by atoms with Gasteiger partial charge in [0.05, 0.1) is 16.6 Å². The molecule has 0 aliphatic carbocycles. The largest absolute Gasteiger partial charge is 0.325 e. The lowest BCUT2D eigenvalue weighted by Gasteiger charge is -2.31. The Hall–Kier alpha value is -3.47. The number of imide groups is 1. The molecule has 6 rings (SSSR count). The summed E-state index contributed by atoms with van der Waals surface area (Å²) in [5.41, 5.74) is 4.10. The number of rotatable bonds is 5. The van der Waals surface area contributed by atoms with Crippen LogP contribution in [-0.4, -0.2) is 27.5 Å². The molecule has 0 saturated carbocycles. The van der Waals surface area contributed by atoms with E-state index in [0.717, 1.165) is 32.5 Å². The number of nitrogens with zero attached hydrogens (tertiary/aromatic N) is 2. The van der Waals surface area contributed by atoms with Crippen LogP contribution in [0.5, 0.6) is 0 Å². The van der Waals surface area contributed by atoms with Gasteiger partial charge in [0, 0.05) is 21.0 Å². The number of fused-ring (bicyclic) bond motifs is 2. The molecule has 0 spiro atoms. The number of nitrogens with one attached hydrogen (secondary N) is 1. The molecule has 1 fully saturated rings. The molecular weight excluding hydrogens is 646 g/mol. The van der Waals surface area contributed by atoms with E-state index in [4.69, 9.17) is 0 Å². The molecule has 3 heterocycles. The lowest BCUT2D eigenvalue weighted by atomic mass is 9.81.